The summed E-state index contributed by atoms with van der Waals surface area (Å²) in [5, 5.41) is 3.90. The fourth-order valence-electron chi connectivity index (χ4n) is 3.11. The zero-order valence-electron chi connectivity index (χ0n) is 12.2. The molecule has 1 aliphatic carbocycles. The monoisotopic (exact) mass is 337 g/mol. The minimum Gasteiger partial charge on any atom is -0.493 e. The van der Waals surface area contributed by atoms with E-state index in [-0.39, 0.29) is 0 Å². The number of ether oxygens (including phenoxy) is 1. The minimum atomic E-state index is 0.448. The number of hydrogen-bond acceptors (Lipinski definition) is 2. The van der Waals surface area contributed by atoms with Crippen molar-refractivity contribution in [3.63, 3.8) is 0 Å². The molecule has 20 heavy (non-hydrogen) atoms. The zero-order chi connectivity index (χ0) is 13.9. The molecular weight excluding hydrogens is 314 g/mol. The van der Waals surface area contributed by atoms with Crippen molar-refractivity contribution in [1.82, 2.24) is 5.32 Å². The summed E-state index contributed by atoms with van der Waals surface area (Å²) in [4.78, 5) is 0. The van der Waals surface area contributed by atoms with Crippen molar-refractivity contribution < 1.29 is 4.74 Å². The number of halogens is 1. The molecule has 110 valence electrons. The van der Waals surface area contributed by atoms with Gasteiger partial charge in [0.15, 0.2) is 0 Å². The Hall–Kier alpha value is -0.540. The number of fused-ring (bicyclic) bond motifs is 1. The van der Waals surface area contributed by atoms with Gasteiger partial charge >= 0.3 is 0 Å². The van der Waals surface area contributed by atoms with Gasteiger partial charge in [-0.2, -0.15) is 0 Å². The molecule has 1 saturated carbocycles. The van der Waals surface area contributed by atoms with Crippen LogP contribution >= 0.6 is 15.9 Å². The maximum atomic E-state index is 5.90. The number of nitrogens with one attached hydrogen (secondary N) is 1. The van der Waals surface area contributed by atoms with E-state index in [1.54, 1.807) is 0 Å². The van der Waals surface area contributed by atoms with Crippen molar-refractivity contribution in [1.29, 1.82) is 0 Å². The van der Waals surface area contributed by atoms with E-state index in [9.17, 15) is 0 Å². The fourth-order valence-corrected chi connectivity index (χ4v) is 3.45. The van der Waals surface area contributed by atoms with E-state index < -0.39 is 0 Å². The average molecular weight is 338 g/mol. The molecule has 1 fully saturated rings. The molecule has 0 aromatic heterocycles. The van der Waals surface area contributed by atoms with Crippen LogP contribution in [0, 0.1) is 5.92 Å². The van der Waals surface area contributed by atoms with Crippen LogP contribution < -0.4 is 10.1 Å². The Balaban J connectivity index is 1.74. The molecule has 3 heteroatoms. The normalized spacial score (nSPS) is 23.6. The maximum Gasteiger partial charge on any atom is 0.125 e. The Kier molecular flexibility index (Phi) is 4.67. The highest BCUT2D eigenvalue weighted by atomic mass is 79.9. The summed E-state index contributed by atoms with van der Waals surface area (Å²) >= 11 is 3.54. The van der Waals surface area contributed by atoms with Crippen LogP contribution in [0.25, 0.3) is 0 Å². The molecule has 2 atom stereocenters. The number of rotatable bonds is 5. The molecule has 3 rings (SSSR count). The smallest absolute Gasteiger partial charge is 0.125 e. The molecule has 1 N–H and O–H groups in total. The summed E-state index contributed by atoms with van der Waals surface area (Å²) < 4.78 is 7.00. The van der Waals surface area contributed by atoms with E-state index in [0.29, 0.717) is 12.1 Å². The summed E-state index contributed by atoms with van der Waals surface area (Å²) in [5.74, 6) is 2.04. The van der Waals surface area contributed by atoms with Crippen LogP contribution in [0.1, 0.15) is 57.1 Å². The van der Waals surface area contributed by atoms with Gasteiger partial charge in [0.05, 0.1) is 6.61 Å². The predicted molar refractivity (Wildman–Crippen MR) is 86.2 cm³/mol. The first-order valence-electron chi connectivity index (χ1n) is 7.94. The highest BCUT2D eigenvalue weighted by Gasteiger charge is 2.27. The number of hydrogen-bond donors (Lipinski definition) is 1. The lowest BCUT2D eigenvalue weighted by atomic mass is 9.99. The van der Waals surface area contributed by atoms with E-state index in [2.05, 4.69) is 46.4 Å². The highest BCUT2D eigenvalue weighted by Crippen LogP contribution is 2.37. The first-order chi connectivity index (χ1) is 9.76. The molecule has 0 saturated heterocycles. The summed E-state index contributed by atoms with van der Waals surface area (Å²) in [6.45, 7) is 3.14. The second-order valence-electron chi connectivity index (χ2n) is 6.18. The lowest BCUT2D eigenvalue weighted by molar-refractivity contribution is 0.313. The van der Waals surface area contributed by atoms with Gasteiger partial charge in [0.1, 0.15) is 5.75 Å². The summed E-state index contributed by atoms with van der Waals surface area (Å²) in [6, 6.07) is 7.55. The summed E-state index contributed by atoms with van der Waals surface area (Å²) in [7, 11) is 0. The fraction of sp³-hybridized carbons (Fsp3) is 0.647. The van der Waals surface area contributed by atoms with Crippen LogP contribution in [0.4, 0.5) is 0 Å². The van der Waals surface area contributed by atoms with Crippen LogP contribution in [-0.4, -0.2) is 12.6 Å². The van der Waals surface area contributed by atoms with Crippen LogP contribution in [0.3, 0.4) is 0 Å². The first-order valence-corrected chi connectivity index (χ1v) is 8.74. The Bertz CT molecular complexity index is 458. The lowest BCUT2D eigenvalue weighted by Gasteiger charge is -2.25. The Morgan fingerprint density at radius 2 is 2.20 bits per heavy atom. The van der Waals surface area contributed by atoms with E-state index >= 15 is 0 Å². The van der Waals surface area contributed by atoms with Gasteiger partial charge in [-0.1, -0.05) is 41.8 Å². The Morgan fingerprint density at radius 3 is 2.95 bits per heavy atom. The Labute approximate surface area is 130 Å². The predicted octanol–water partition coefficient (Wildman–Crippen LogP) is 4.83. The third kappa shape index (κ3) is 3.56. The maximum absolute atomic E-state index is 5.90. The molecule has 1 aromatic carbocycles. The molecule has 0 spiro atoms. The van der Waals surface area contributed by atoms with Gasteiger partial charge in [0.25, 0.3) is 0 Å². The zero-order valence-corrected chi connectivity index (χ0v) is 13.8. The van der Waals surface area contributed by atoms with E-state index in [1.165, 1.54) is 37.7 Å². The van der Waals surface area contributed by atoms with Crippen molar-refractivity contribution in [2.24, 2.45) is 5.92 Å². The van der Waals surface area contributed by atoms with Gasteiger partial charge in [-0.05, 0) is 43.7 Å². The van der Waals surface area contributed by atoms with Gasteiger partial charge in [-0.25, -0.2) is 0 Å². The van der Waals surface area contributed by atoms with Gasteiger partial charge in [0, 0.05) is 22.1 Å². The molecule has 1 heterocycles. The lowest BCUT2D eigenvalue weighted by Crippen LogP contribution is -2.32. The molecule has 1 aliphatic heterocycles. The standard InChI is InChI=1S/C17H24BrNO/c1-2-14(10-12-5-6-12)19-16-4-3-9-20-17-11-13(18)7-8-15(16)17/h7-8,11-12,14,16,19H,2-6,9-10H2,1H3. The van der Waals surface area contributed by atoms with Gasteiger partial charge in [-0.15, -0.1) is 0 Å². The minimum absolute atomic E-state index is 0.448. The van der Waals surface area contributed by atoms with Crippen molar-refractivity contribution in [3.05, 3.63) is 28.2 Å². The molecular formula is C17H24BrNO. The third-order valence-electron chi connectivity index (χ3n) is 4.49. The average Bonchev–Trinajstić information content (AvgIpc) is 3.26. The molecule has 2 nitrogen and oxygen atoms in total. The summed E-state index contributed by atoms with van der Waals surface area (Å²) in [6.07, 6.45) is 7.75. The van der Waals surface area contributed by atoms with Crippen molar-refractivity contribution in [2.75, 3.05) is 6.61 Å². The Morgan fingerprint density at radius 1 is 1.35 bits per heavy atom. The largest absolute Gasteiger partial charge is 0.493 e. The van der Waals surface area contributed by atoms with Crippen LogP contribution in [0.2, 0.25) is 0 Å². The van der Waals surface area contributed by atoms with Crippen LogP contribution in [0.5, 0.6) is 5.75 Å². The first kappa shape index (κ1) is 14.4. The number of benzene rings is 1. The second kappa shape index (κ2) is 6.48. The van der Waals surface area contributed by atoms with E-state index in [0.717, 1.165) is 29.2 Å². The third-order valence-corrected chi connectivity index (χ3v) is 4.98. The molecule has 1 aromatic rings. The molecule has 2 aliphatic rings. The summed E-state index contributed by atoms with van der Waals surface area (Å²) in [5.41, 5.74) is 1.33. The topological polar surface area (TPSA) is 21.3 Å². The van der Waals surface area contributed by atoms with Crippen LogP contribution in [-0.2, 0) is 0 Å². The molecule has 0 radical (unpaired) electrons. The highest BCUT2D eigenvalue weighted by molar-refractivity contribution is 9.10. The van der Waals surface area contributed by atoms with E-state index in [4.69, 9.17) is 4.74 Å². The molecule has 0 amide bonds. The van der Waals surface area contributed by atoms with Gasteiger partial charge < -0.3 is 10.1 Å². The molecule has 0 bridgehead atoms. The van der Waals surface area contributed by atoms with Crippen LogP contribution in [0.15, 0.2) is 22.7 Å². The second-order valence-corrected chi connectivity index (χ2v) is 7.09. The van der Waals surface area contributed by atoms with E-state index in [1.807, 2.05) is 0 Å². The van der Waals surface area contributed by atoms with Crippen molar-refractivity contribution >= 4 is 15.9 Å². The molecule has 2 unspecified atom stereocenters. The van der Waals surface area contributed by atoms with Gasteiger partial charge in [0.2, 0.25) is 0 Å². The van der Waals surface area contributed by atoms with Gasteiger partial charge in [-0.3, -0.25) is 0 Å². The van der Waals surface area contributed by atoms with Crippen molar-refractivity contribution in [3.8, 4) is 5.75 Å². The quantitative estimate of drug-likeness (QED) is 0.830. The SMILES string of the molecule is CCC(CC1CC1)NC1CCCOc2cc(Br)ccc21. The van der Waals surface area contributed by atoms with Crippen molar-refractivity contribution in [2.45, 2.75) is 57.5 Å².